The number of carbonyl (C=O) groups excluding carboxylic acids is 2. The third-order valence-electron chi connectivity index (χ3n) is 6.06. The Labute approximate surface area is 195 Å². The van der Waals surface area contributed by atoms with Gasteiger partial charge in [-0.2, -0.15) is 5.01 Å². The summed E-state index contributed by atoms with van der Waals surface area (Å²) >= 11 is 3.55. The number of amides is 2. The summed E-state index contributed by atoms with van der Waals surface area (Å²) in [7, 11) is 1.77. The summed E-state index contributed by atoms with van der Waals surface area (Å²) in [5, 5.41) is 3.68. The van der Waals surface area contributed by atoms with Crippen LogP contribution in [0.1, 0.15) is 29.6 Å². The minimum atomic E-state index is -0.356. The number of benzene rings is 3. The molecule has 2 aliphatic rings. The van der Waals surface area contributed by atoms with E-state index in [0.717, 1.165) is 21.3 Å². The molecule has 5 rings (SSSR count). The molecule has 0 radical (unpaired) electrons. The van der Waals surface area contributed by atoms with Gasteiger partial charge in [0.15, 0.2) is 0 Å². The lowest BCUT2D eigenvalue weighted by Crippen LogP contribution is -2.36. The number of hydrazine groups is 1. The standard InChI is InChI=1S/C26H22BrN3O2/c1-28(21-13-6-3-7-14-21)26(32)22-17-29-24(31)16-23(19-11-8-12-20(27)15-19)30(29)25(22)18-9-4-2-5-10-18/h2-15,17,23,25H,16H2,1H3/t23-,25-/m1/s1. The number of likely N-dealkylation sites (N-methyl/N-ethyl adjacent to an activating group) is 1. The van der Waals surface area contributed by atoms with Crippen LogP contribution in [0.3, 0.4) is 0 Å². The monoisotopic (exact) mass is 487 g/mol. The van der Waals surface area contributed by atoms with Crippen molar-refractivity contribution in [1.82, 2.24) is 10.0 Å². The Hall–Kier alpha value is -3.22. The Kier molecular flexibility index (Phi) is 5.41. The highest BCUT2D eigenvalue weighted by Gasteiger charge is 2.49. The molecule has 0 unspecified atom stereocenters. The maximum atomic E-state index is 13.7. The van der Waals surface area contributed by atoms with Crippen LogP contribution in [0.25, 0.3) is 0 Å². The zero-order valence-electron chi connectivity index (χ0n) is 17.6. The molecule has 2 heterocycles. The summed E-state index contributed by atoms with van der Waals surface area (Å²) in [6.45, 7) is 0. The lowest BCUT2D eigenvalue weighted by molar-refractivity contribution is -0.133. The van der Waals surface area contributed by atoms with Crippen LogP contribution in [0.4, 0.5) is 5.69 Å². The van der Waals surface area contributed by atoms with E-state index in [-0.39, 0.29) is 23.9 Å². The second-order valence-corrected chi connectivity index (χ2v) is 8.91. The van der Waals surface area contributed by atoms with Crippen LogP contribution in [0.2, 0.25) is 0 Å². The van der Waals surface area contributed by atoms with E-state index in [0.29, 0.717) is 12.0 Å². The molecule has 5 nitrogen and oxygen atoms in total. The minimum absolute atomic E-state index is 0.0129. The van der Waals surface area contributed by atoms with Gasteiger partial charge in [0.1, 0.15) is 0 Å². The molecule has 0 bridgehead atoms. The summed E-state index contributed by atoms with van der Waals surface area (Å²) in [4.78, 5) is 28.3. The van der Waals surface area contributed by atoms with Crippen molar-refractivity contribution in [2.75, 3.05) is 11.9 Å². The second-order valence-electron chi connectivity index (χ2n) is 7.99. The zero-order valence-corrected chi connectivity index (χ0v) is 19.1. The molecule has 2 amide bonds. The van der Waals surface area contributed by atoms with Crippen LogP contribution in [0.5, 0.6) is 0 Å². The Morgan fingerprint density at radius 2 is 1.59 bits per heavy atom. The van der Waals surface area contributed by atoms with Crippen LogP contribution in [-0.4, -0.2) is 28.9 Å². The minimum Gasteiger partial charge on any atom is -0.312 e. The van der Waals surface area contributed by atoms with E-state index < -0.39 is 0 Å². The molecule has 2 aliphatic heterocycles. The number of hydrogen-bond donors (Lipinski definition) is 0. The second kappa shape index (κ2) is 8.37. The van der Waals surface area contributed by atoms with Crippen molar-refractivity contribution < 1.29 is 9.59 Å². The molecule has 0 N–H and O–H groups in total. The lowest BCUT2D eigenvalue weighted by Gasteiger charge is -2.32. The quantitative estimate of drug-likeness (QED) is 0.505. The Morgan fingerprint density at radius 3 is 2.28 bits per heavy atom. The van der Waals surface area contributed by atoms with Crippen molar-refractivity contribution in [1.29, 1.82) is 0 Å². The predicted molar refractivity (Wildman–Crippen MR) is 127 cm³/mol. The number of nitrogens with zero attached hydrogens (tertiary/aromatic N) is 3. The maximum Gasteiger partial charge on any atom is 0.257 e. The fraction of sp³-hybridized carbons (Fsp3) is 0.154. The van der Waals surface area contributed by atoms with E-state index in [1.807, 2.05) is 89.9 Å². The van der Waals surface area contributed by atoms with Crippen molar-refractivity contribution in [3.63, 3.8) is 0 Å². The highest BCUT2D eigenvalue weighted by Crippen LogP contribution is 2.48. The van der Waals surface area contributed by atoms with Gasteiger partial charge in [-0.3, -0.25) is 9.59 Å². The number of para-hydroxylation sites is 1. The molecule has 0 aliphatic carbocycles. The number of fused-ring (bicyclic) bond motifs is 1. The van der Waals surface area contributed by atoms with E-state index in [4.69, 9.17) is 0 Å². The van der Waals surface area contributed by atoms with Gasteiger partial charge >= 0.3 is 0 Å². The first-order valence-electron chi connectivity index (χ1n) is 10.5. The summed E-state index contributed by atoms with van der Waals surface area (Å²) in [5.41, 5.74) is 3.40. The van der Waals surface area contributed by atoms with Gasteiger partial charge in [0.2, 0.25) is 5.91 Å². The smallest absolute Gasteiger partial charge is 0.257 e. The van der Waals surface area contributed by atoms with E-state index in [1.54, 1.807) is 23.2 Å². The van der Waals surface area contributed by atoms with E-state index in [9.17, 15) is 9.59 Å². The van der Waals surface area contributed by atoms with Crippen molar-refractivity contribution in [2.24, 2.45) is 0 Å². The molecule has 160 valence electrons. The molecular weight excluding hydrogens is 466 g/mol. The number of rotatable bonds is 4. The fourth-order valence-corrected chi connectivity index (χ4v) is 4.92. The maximum absolute atomic E-state index is 13.7. The third kappa shape index (κ3) is 3.55. The Bertz CT molecular complexity index is 1200. The molecule has 6 heteroatoms. The number of halogens is 1. The van der Waals surface area contributed by atoms with Crippen molar-refractivity contribution in [2.45, 2.75) is 18.5 Å². The number of carbonyl (C=O) groups is 2. The summed E-state index contributed by atoms with van der Waals surface area (Å²) in [6, 6.07) is 27.0. The summed E-state index contributed by atoms with van der Waals surface area (Å²) in [5.74, 6) is -0.138. The third-order valence-corrected chi connectivity index (χ3v) is 6.55. The van der Waals surface area contributed by atoms with E-state index in [2.05, 4.69) is 15.9 Å². The molecule has 32 heavy (non-hydrogen) atoms. The predicted octanol–water partition coefficient (Wildman–Crippen LogP) is 5.24. The van der Waals surface area contributed by atoms with Crippen molar-refractivity contribution >= 4 is 33.4 Å². The van der Waals surface area contributed by atoms with Crippen molar-refractivity contribution in [3.8, 4) is 0 Å². The number of hydrogen-bond acceptors (Lipinski definition) is 3. The van der Waals surface area contributed by atoms with E-state index >= 15 is 0 Å². The van der Waals surface area contributed by atoms with Gasteiger partial charge in [0, 0.05) is 23.4 Å². The molecule has 1 fully saturated rings. The average molecular weight is 488 g/mol. The average Bonchev–Trinajstić information content (AvgIpc) is 3.37. The molecule has 1 saturated heterocycles. The normalized spacial score (nSPS) is 20.2. The molecule has 0 aromatic heterocycles. The van der Waals surface area contributed by atoms with Gasteiger partial charge < -0.3 is 4.90 Å². The van der Waals surface area contributed by atoms with Gasteiger partial charge in [-0.1, -0.05) is 76.6 Å². The van der Waals surface area contributed by atoms with E-state index in [1.165, 1.54) is 0 Å². The fourth-order valence-electron chi connectivity index (χ4n) is 4.51. The zero-order chi connectivity index (χ0) is 22.2. The molecule has 3 aromatic rings. The van der Waals surface area contributed by atoms with Crippen LogP contribution in [0.15, 0.2) is 101 Å². The van der Waals surface area contributed by atoms with Crippen LogP contribution in [0, 0.1) is 0 Å². The van der Waals surface area contributed by atoms with Gasteiger partial charge in [-0.15, -0.1) is 0 Å². The molecule has 3 aromatic carbocycles. The first-order chi connectivity index (χ1) is 15.5. The molecule has 2 atom stereocenters. The molecular formula is C26H22BrN3O2. The first-order valence-corrected chi connectivity index (χ1v) is 11.3. The van der Waals surface area contributed by atoms with Crippen molar-refractivity contribution in [3.05, 3.63) is 112 Å². The lowest BCUT2D eigenvalue weighted by atomic mass is 9.95. The van der Waals surface area contributed by atoms with Gasteiger partial charge in [0.05, 0.1) is 24.1 Å². The first kappa shape index (κ1) is 20.7. The number of anilines is 1. The highest BCUT2D eigenvalue weighted by molar-refractivity contribution is 9.10. The largest absolute Gasteiger partial charge is 0.312 e. The Balaban J connectivity index is 1.58. The Morgan fingerprint density at radius 1 is 0.938 bits per heavy atom. The van der Waals surface area contributed by atoms with Crippen LogP contribution < -0.4 is 4.90 Å². The molecule has 0 spiro atoms. The van der Waals surface area contributed by atoms with Crippen LogP contribution >= 0.6 is 15.9 Å². The SMILES string of the molecule is CN(C(=O)C1=CN2C(=O)C[C@H](c3cccc(Br)c3)N2[C@@H]1c1ccccc1)c1ccccc1. The van der Waals surface area contributed by atoms with Crippen LogP contribution in [-0.2, 0) is 9.59 Å². The van der Waals surface area contributed by atoms with Gasteiger partial charge in [-0.05, 0) is 35.4 Å². The topological polar surface area (TPSA) is 43.9 Å². The summed E-state index contributed by atoms with van der Waals surface area (Å²) in [6.07, 6.45) is 2.09. The molecule has 0 saturated carbocycles. The summed E-state index contributed by atoms with van der Waals surface area (Å²) < 4.78 is 0.962. The van der Waals surface area contributed by atoms with Gasteiger partial charge in [-0.25, -0.2) is 5.01 Å². The van der Waals surface area contributed by atoms with Gasteiger partial charge in [0.25, 0.3) is 5.91 Å². The highest BCUT2D eigenvalue weighted by atomic mass is 79.9.